The highest BCUT2D eigenvalue weighted by molar-refractivity contribution is 5.84. The van der Waals surface area contributed by atoms with Gasteiger partial charge in [0.05, 0.1) is 20.1 Å². The van der Waals surface area contributed by atoms with E-state index in [-0.39, 0.29) is 29.7 Å². The van der Waals surface area contributed by atoms with Gasteiger partial charge in [0.15, 0.2) is 0 Å². The van der Waals surface area contributed by atoms with Crippen LogP contribution in [0.3, 0.4) is 0 Å². The molecule has 1 rings (SSSR count). The molecule has 0 unspecified atom stereocenters. The highest BCUT2D eigenvalue weighted by atomic mass is 16.5. The Kier molecular flexibility index (Phi) is 5.76. The fourth-order valence-electron chi connectivity index (χ4n) is 2.81. The summed E-state index contributed by atoms with van der Waals surface area (Å²) in [5.41, 5.74) is -0.878. The number of carbonyl (C=O) groups is 2. The molecule has 0 radical (unpaired) electrons. The molecule has 0 aromatic rings. The van der Waals surface area contributed by atoms with E-state index in [1.165, 1.54) is 7.11 Å². The van der Waals surface area contributed by atoms with Crippen LogP contribution in [0.15, 0.2) is 24.3 Å². The van der Waals surface area contributed by atoms with Crippen molar-refractivity contribution in [3.63, 3.8) is 0 Å². The lowest BCUT2D eigenvalue weighted by molar-refractivity contribution is -0.153. The zero-order valence-electron chi connectivity index (χ0n) is 13.6. The minimum Gasteiger partial charge on any atom is -0.468 e. The Morgan fingerprint density at radius 2 is 1.76 bits per heavy atom. The summed E-state index contributed by atoms with van der Waals surface area (Å²) in [7, 11) is 1.38. The number of hydrogen-bond acceptors (Lipinski definition) is 4. The summed E-state index contributed by atoms with van der Waals surface area (Å²) in [4.78, 5) is 24.3. The van der Waals surface area contributed by atoms with Gasteiger partial charge in [0, 0.05) is 0 Å². The van der Waals surface area contributed by atoms with Crippen LogP contribution < -0.4 is 0 Å². The first-order valence-corrected chi connectivity index (χ1v) is 7.36. The summed E-state index contributed by atoms with van der Waals surface area (Å²) in [6, 6.07) is 0. The first-order valence-electron chi connectivity index (χ1n) is 7.36. The van der Waals surface area contributed by atoms with E-state index in [9.17, 15) is 9.59 Å². The summed E-state index contributed by atoms with van der Waals surface area (Å²) in [5, 5.41) is 0. The summed E-state index contributed by atoms with van der Waals surface area (Å²) in [6.45, 7) is 8.41. The van der Waals surface area contributed by atoms with Gasteiger partial charge in [0.2, 0.25) is 0 Å². The van der Waals surface area contributed by atoms with Crippen molar-refractivity contribution in [3.05, 3.63) is 24.3 Å². The second-order valence-corrected chi connectivity index (χ2v) is 6.61. The van der Waals surface area contributed by atoms with Gasteiger partial charge in [-0.25, -0.2) is 0 Å². The lowest BCUT2D eigenvalue weighted by Gasteiger charge is -2.35. The second kappa shape index (κ2) is 6.92. The van der Waals surface area contributed by atoms with Crippen molar-refractivity contribution in [2.45, 2.75) is 40.5 Å². The number of esters is 2. The van der Waals surface area contributed by atoms with Crippen molar-refractivity contribution in [2.75, 3.05) is 13.7 Å². The Morgan fingerprint density at radius 3 is 2.19 bits per heavy atom. The van der Waals surface area contributed by atoms with Gasteiger partial charge < -0.3 is 9.47 Å². The van der Waals surface area contributed by atoms with Gasteiger partial charge >= 0.3 is 11.9 Å². The van der Waals surface area contributed by atoms with Gasteiger partial charge in [0.1, 0.15) is 5.41 Å². The molecule has 0 saturated carbocycles. The summed E-state index contributed by atoms with van der Waals surface area (Å²) in [6.07, 6.45) is 8.24. The van der Waals surface area contributed by atoms with Crippen LogP contribution in [0.4, 0.5) is 0 Å². The van der Waals surface area contributed by atoms with Crippen molar-refractivity contribution < 1.29 is 19.1 Å². The van der Waals surface area contributed by atoms with Gasteiger partial charge in [-0.3, -0.25) is 9.59 Å². The molecule has 0 amide bonds. The molecule has 1 atom stereocenters. The molecule has 21 heavy (non-hydrogen) atoms. The highest BCUT2D eigenvalue weighted by Crippen LogP contribution is 2.44. The first kappa shape index (κ1) is 17.5. The molecule has 0 saturated heterocycles. The fourth-order valence-corrected chi connectivity index (χ4v) is 2.81. The van der Waals surface area contributed by atoms with Gasteiger partial charge in [-0.2, -0.15) is 0 Å². The van der Waals surface area contributed by atoms with Crippen LogP contribution >= 0.6 is 0 Å². The summed E-state index contributed by atoms with van der Waals surface area (Å²) in [5.74, 6) is -0.784. The Labute approximate surface area is 127 Å². The Morgan fingerprint density at radius 1 is 1.19 bits per heavy atom. The molecule has 1 aliphatic carbocycles. The van der Waals surface area contributed by atoms with E-state index in [0.29, 0.717) is 6.61 Å². The normalized spacial score (nSPS) is 17.6. The predicted octanol–water partition coefficient (Wildman–Crippen LogP) is 3.28. The highest BCUT2D eigenvalue weighted by Gasteiger charge is 2.46. The van der Waals surface area contributed by atoms with Crippen LogP contribution in [0.1, 0.15) is 40.5 Å². The summed E-state index contributed by atoms with van der Waals surface area (Å²) < 4.78 is 10.0. The molecule has 1 aliphatic rings. The third kappa shape index (κ3) is 4.45. The van der Waals surface area contributed by atoms with E-state index in [1.54, 1.807) is 6.92 Å². The van der Waals surface area contributed by atoms with E-state index in [1.807, 2.05) is 24.3 Å². The van der Waals surface area contributed by atoms with Crippen LogP contribution in [0.2, 0.25) is 0 Å². The Bertz CT molecular complexity index is 428. The lowest BCUT2D eigenvalue weighted by Crippen LogP contribution is -2.39. The molecule has 0 bridgehead atoms. The monoisotopic (exact) mass is 294 g/mol. The van der Waals surface area contributed by atoms with E-state index in [2.05, 4.69) is 20.8 Å². The average Bonchev–Trinajstić information content (AvgIpc) is 2.86. The van der Waals surface area contributed by atoms with Crippen molar-refractivity contribution >= 4 is 11.9 Å². The maximum atomic E-state index is 12.3. The van der Waals surface area contributed by atoms with Gasteiger partial charge in [0.25, 0.3) is 0 Å². The number of methoxy groups -OCH3 is 1. The number of hydrogen-bond donors (Lipinski definition) is 0. The van der Waals surface area contributed by atoms with Gasteiger partial charge in [-0.15, -0.1) is 0 Å². The van der Waals surface area contributed by atoms with Crippen LogP contribution in [0.25, 0.3) is 0 Å². The maximum Gasteiger partial charge on any atom is 0.319 e. The average molecular weight is 294 g/mol. The molecule has 0 spiro atoms. The molecule has 118 valence electrons. The SMILES string of the molecule is CCOC(=O)C[C@@H](CC(C)(C)C)C1(C(=O)OC)C=CC=C1. The van der Waals surface area contributed by atoms with Crippen molar-refractivity contribution in [1.29, 1.82) is 0 Å². The molecular formula is C17H26O4. The third-order valence-corrected chi connectivity index (χ3v) is 3.65. The number of allylic oxidation sites excluding steroid dienone is 2. The minimum atomic E-state index is -0.866. The maximum absolute atomic E-state index is 12.3. The van der Waals surface area contributed by atoms with Gasteiger partial charge in [-0.05, 0) is 24.7 Å². The second-order valence-electron chi connectivity index (χ2n) is 6.61. The van der Waals surface area contributed by atoms with E-state index < -0.39 is 5.41 Å². The van der Waals surface area contributed by atoms with Crippen LogP contribution in [-0.4, -0.2) is 25.7 Å². The molecule has 0 aromatic heterocycles. The van der Waals surface area contributed by atoms with Crippen molar-refractivity contribution in [1.82, 2.24) is 0 Å². The molecule has 0 aliphatic heterocycles. The molecule has 0 heterocycles. The molecule has 4 heteroatoms. The standard InChI is InChI=1S/C17H26O4/c1-6-21-14(18)11-13(12-16(2,3)4)17(15(19)20-5)9-7-8-10-17/h7-10,13H,6,11-12H2,1-5H3/t13-/m0/s1. The topological polar surface area (TPSA) is 52.6 Å². The molecule has 0 aromatic carbocycles. The predicted molar refractivity (Wildman–Crippen MR) is 81.5 cm³/mol. The summed E-state index contributed by atoms with van der Waals surface area (Å²) >= 11 is 0. The molecule has 0 fully saturated rings. The van der Waals surface area contributed by atoms with Crippen LogP contribution in [-0.2, 0) is 19.1 Å². The van der Waals surface area contributed by atoms with E-state index in [0.717, 1.165) is 6.42 Å². The molecule has 4 nitrogen and oxygen atoms in total. The van der Waals surface area contributed by atoms with Crippen molar-refractivity contribution in [3.8, 4) is 0 Å². The fraction of sp³-hybridized carbons (Fsp3) is 0.647. The lowest BCUT2D eigenvalue weighted by atomic mass is 9.68. The smallest absolute Gasteiger partial charge is 0.319 e. The zero-order valence-corrected chi connectivity index (χ0v) is 13.6. The van der Waals surface area contributed by atoms with E-state index in [4.69, 9.17) is 9.47 Å². The molecule has 0 N–H and O–H groups in total. The number of rotatable bonds is 6. The van der Waals surface area contributed by atoms with Crippen LogP contribution in [0, 0.1) is 16.7 Å². The first-order chi connectivity index (χ1) is 9.75. The largest absolute Gasteiger partial charge is 0.468 e. The zero-order chi connectivity index (χ0) is 16.1. The number of carbonyl (C=O) groups excluding carboxylic acids is 2. The Hall–Kier alpha value is -1.58. The molecular weight excluding hydrogens is 268 g/mol. The minimum absolute atomic E-state index is 0.0115. The number of ether oxygens (including phenoxy) is 2. The Balaban J connectivity index is 3.08. The van der Waals surface area contributed by atoms with E-state index >= 15 is 0 Å². The van der Waals surface area contributed by atoms with Crippen molar-refractivity contribution in [2.24, 2.45) is 16.7 Å². The van der Waals surface area contributed by atoms with Crippen LogP contribution in [0.5, 0.6) is 0 Å². The third-order valence-electron chi connectivity index (χ3n) is 3.65. The quantitative estimate of drug-likeness (QED) is 0.705. The van der Waals surface area contributed by atoms with Gasteiger partial charge in [-0.1, -0.05) is 45.1 Å².